The molecule has 0 atom stereocenters. The minimum Gasteiger partial charge on any atom is -0.358 e. The molecule has 0 spiro atoms. The fourth-order valence-electron chi connectivity index (χ4n) is 3.62. The molecule has 3 aromatic heterocycles. The molecule has 4 heterocycles. The average Bonchev–Trinajstić information content (AvgIpc) is 3.44. The third-order valence-corrected chi connectivity index (χ3v) is 5.72. The number of carbonyl (C=O) groups is 1. The van der Waals surface area contributed by atoms with Crippen LogP contribution in [0.2, 0.25) is 0 Å². The van der Waals surface area contributed by atoms with Crippen molar-refractivity contribution in [3.05, 3.63) is 58.2 Å². The Kier molecular flexibility index (Phi) is 4.01. The van der Waals surface area contributed by atoms with Crippen molar-refractivity contribution in [2.24, 2.45) is 0 Å². The first-order chi connectivity index (χ1) is 13.3. The molecular weight excluding hydrogens is 360 g/mol. The highest BCUT2D eigenvalue weighted by Gasteiger charge is 2.24. The molecule has 136 valence electrons. The topological polar surface area (TPSA) is 75.0 Å². The standard InChI is InChI=1S/C20H18N4O2S/c25-19(6-5-18-22-20(23-26-18)13-8-10-27-12-13)24-9-7-17-15(11-24)14-3-1-2-4-16(14)21-17/h1-4,8,10,12,21H,5-7,9,11H2. The molecule has 27 heavy (non-hydrogen) atoms. The molecule has 5 rings (SSSR count). The Morgan fingerprint density at radius 2 is 2.22 bits per heavy atom. The zero-order chi connectivity index (χ0) is 18.2. The van der Waals surface area contributed by atoms with Crippen molar-refractivity contribution < 1.29 is 9.32 Å². The lowest BCUT2D eigenvalue weighted by Crippen LogP contribution is -2.35. The molecule has 0 unspecified atom stereocenters. The Morgan fingerprint density at radius 1 is 1.30 bits per heavy atom. The summed E-state index contributed by atoms with van der Waals surface area (Å²) in [6.07, 6.45) is 1.70. The summed E-state index contributed by atoms with van der Waals surface area (Å²) in [5.74, 6) is 1.22. The molecule has 7 heteroatoms. The summed E-state index contributed by atoms with van der Waals surface area (Å²) in [5, 5.41) is 9.16. The van der Waals surface area contributed by atoms with Gasteiger partial charge in [0.1, 0.15) is 0 Å². The molecule has 1 aliphatic heterocycles. The molecule has 0 saturated carbocycles. The molecule has 4 aromatic rings. The zero-order valence-electron chi connectivity index (χ0n) is 14.6. The molecule has 0 aliphatic carbocycles. The Labute approximate surface area is 159 Å². The average molecular weight is 378 g/mol. The van der Waals surface area contributed by atoms with Crippen LogP contribution >= 0.6 is 11.3 Å². The van der Waals surface area contributed by atoms with Crippen molar-refractivity contribution in [1.82, 2.24) is 20.0 Å². The smallest absolute Gasteiger partial charge is 0.227 e. The number of H-pyrrole nitrogens is 1. The second-order valence-electron chi connectivity index (χ2n) is 6.72. The molecule has 1 aromatic carbocycles. The number of thiophene rings is 1. The molecule has 0 radical (unpaired) electrons. The van der Waals surface area contributed by atoms with E-state index in [1.165, 1.54) is 16.6 Å². The van der Waals surface area contributed by atoms with Gasteiger partial charge >= 0.3 is 0 Å². The molecule has 1 N–H and O–H groups in total. The minimum absolute atomic E-state index is 0.126. The number of aromatic amines is 1. The number of rotatable bonds is 4. The van der Waals surface area contributed by atoms with E-state index in [0.717, 1.165) is 24.0 Å². The van der Waals surface area contributed by atoms with E-state index in [1.54, 1.807) is 11.3 Å². The van der Waals surface area contributed by atoms with Crippen LogP contribution in [-0.4, -0.2) is 32.5 Å². The predicted octanol–water partition coefficient (Wildman–Crippen LogP) is 3.80. The van der Waals surface area contributed by atoms with Crippen LogP contribution in [0.4, 0.5) is 0 Å². The Morgan fingerprint density at radius 3 is 3.11 bits per heavy atom. The number of para-hydroxylation sites is 1. The van der Waals surface area contributed by atoms with E-state index in [9.17, 15) is 4.79 Å². The van der Waals surface area contributed by atoms with Gasteiger partial charge in [0, 0.05) is 65.5 Å². The van der Waals surface area contributed by atoms with Gasteiger partial charge in [0.2, 0.25) is 17.6 Å². The molecule has 0 saturated heterocycles. The number of carbonyl (C=O) groups excluding carboxylic acids is 1. The highest BCUT2D eigenvalue weighted by Crippen LogP contribution is 2.28. The molecular formula is C20H18N4O2S. The number of aromatic nitrogens is 3. The second kappa shape index (κ2) is 6.66. The maximum atomic E-state index is 12.7. The highest BCUT2D eigenvalue weighted by atomic mass is 32.1. The van der Waals surface area contributed by atoms with Crippen molar-refractivity contribution in [2.75, 3.05) is 6.54 Å². The van der Waals surface area contributed by atoms with E-state index < -0.39 is 0 Å². The monoisotopic (exact) mass is 378 g/mol. The van der Waals surface area contributed by atoms with Gasteiger partial charge < -0.3 is 14.4 Å². The van der Waals surface area contributed by atoms with Gasteiger partial charge in [-0.2, -0.15) is 16.3 Å². The van der Waals surface area contributed by atoms with Gasteiger partial charge in [0.25, 0.3) is 0 Å². The summed E-state index contributed by atoms with van der Waals surface area (Å²) in [7, 11) is 0. The quantitative estimate of drug-likeness (QED) is 0.586. The molecule has 0 bridgehead atoms. The fourth-order valence-corrected chi connectivity index (χ4v) is 4.25. The lowest BCUT2D eigenvalue weighted by atomic mass is 10.0. The Bertz CT molecular complexity index is 1100. The first-order valence-corrected chi connectivity index (χ1v) is 9.93. The summed E-state index contributed by atoms with van der Waals surface area (Å²) in [6.45, 7) is 1.39. The first kappa shape index (κ1) is 16.3. The van der Waals surface area contributed by atoms with Crippen molar-refractivity contribution >= 4 is 28.1 Å². The summed E-state index contributed by atoms with van der Waals surface area (Å²) >= 11 is 1.59. The van der Waals surface area contributed by atoms with Gasteiger partial charge in [-0.25, -0.2) is 0 Å². The lowest BCUT2D eigenvalue weighted by Gasteiger charge is -2.27. The van der Waals surface area contributed by atoms with Gasteiger partial charge in [0.05, 0.1) is 0 Å². The van der Waals surface area contributed by atoms with Crippen LogP contribution in [0.3, 0.4) is 0 Å². The van der Waals surface area contributed by atoms with E-state index in [2.05, 4.69) is 27.3 Å². The Hall–Kier alpha value is -2.93. The number of amides is 1. The number of nitrogens with one attached hydrogen (secondary N) is 1. The number of aryl methyl sites for hydroxylation is 1. The molecule has 0 fully saturated rings. The Balaban J connectivity index is 1.26. The number of hydrogen-bond acceptors (Lipinski definition) is 5. The number of hydrogen-bond donors (Lipinski definition) is 1. The SMILES string of the molecule is O=C(CCc1nc(-c2ccsc2)no1)N1CCc2[nH]c3ccccc3c2C1. The van der Waals surface area contributed by atoms with E-state index in [0.29, 0.717) is 31.1 Å². The van der Waals surface area contributed by atoms with Crippen LogP contribution < -0.4 is 0 Å². The van der Waals surface area contributed by atoms with Crippen LogP contribution in [0.25, 0.3) is 22.3 Å². The fraction of sp³-hybridized carbons (Fsp3) is 0.250. The summed E-state index contributed by atoms with van der Waals surface area (Å²) in [5.41, 5.74) is 4.58. The maximum absolute atomic E-state index is 12.7. The van der Waals surface area contributed by atoms with Gasteiger partial charge in [-0.05, 0) is 17.5 Å². The molecule has 6 nitrogen and oxygen atoms in total. The van der Waals surface area contributed by atoms with Crippen molar-refractivity contribution in [3.8, 4) is 11.4 Å². The van der Waals surface area contributed by atoms with Crippen LogP contribution in [-0.2, 0) is 24.2 Å². The highest BCUT2D eigenvalue weighted by molar-refractivity contribution is 7.08. The third kappa shape index (κ3) is 3.04. The number of nitrogens with zero attached hydrogens (tertiary/aromatic N) is 3. The van der Waals surface area contributed by atoms with E-state index in [-0.39, 0.29) is 5.91 Å². The van der Waals surface area contributed by atoms with Crippen molar-refractivity contribution in [2.45, 2.75) is 25.8 Å². The summed E-state index contributed by atoms with van der Waals surface area (Å²) in [6, 6.07) is 10.2. The van der Waals surface area contributed by atoms with Gasteiger partial charge in [0.15, 0.2) is 0 Å². The predicted molar refractivity (Wildman–Crippen MR) is 103 cm³/mol. The van der Waals surface area contributed by atoms with Crippen molar-refractivity contribution in [1.29, 1.82) is 0 Å². The normalized spacial score (nSPS) is 13.9. The second-order valence-corrected chi connectivity index (χ2v) is 7.50. The van der Waals surface area contributed by atoms with E-state index in [4.69, 9.17) is 4.52 Å². The van der Waals surface area contributed by atoms with Crippen LogP contribution in [0, 0.1) is 0 Å². The van der Waals surface area contributed by atoms with E-state index >= 15 is 0 Å². The lowest BCUT2D eigenvalue weighted by molar-refractivity contribution is -0.132. The largest absolute Gasteiger partial charge is 0.358 e. The first-order valence-electron chi connectivity index (χ1n) is 8.99. The van der Waals surface area contributed by atoms with Crippen LogP contribution in [0.5, 0.6) is 0 Å². The summed E-state index contributed by atoms with van der Waals surface area (Å²) in [4.78, 5) is 22.5. The van der Waals surface area contributed by atoms with E-state index in [1.807, 2.05) is 33.9 Å². The van der Waals surface area contributed by atoms with Crippen LogP contribution in [0.15, 0.2) is 45.6 Å². The maximum Gasteiger partial charge on any atom is 0.227 e. The van der Waals surface area contributed by atoms with Gasteiger partial charge in [-0.1, -0.05) is 23.4 Å². The van der Waals surface area contributed by atoms with Gasteiger partial charge in [-0.3, -0.25) is 4.79 Å². The summed E-state index contributed by atoms with van der Waals surface area (Å²) < 4.78 is 5.30. The minimum atomic E-state index is 0.126. The number of benzene rings is 1. The van der Waals surface area contributed by atoms with Crippen molar-refractivity contribution in [3.63, 3.8) is 0 Å². The van der Waals surface area contributed by atoms with Gasteiger partial charge in [-0.15, -0.1) is 0 Å². The van der Waals surface area contributed by atoms with Crippen LogP contribution in [0.1, 0.15) is 23.6 Å². The molecule has 1 amide bonds. The molecule has 1 aliphatic rings. The zero-order valence-corrected chi connectivity index (χ0v) is 15.5. The number of fused-ring (bicyclic) bond motifs is 3. The third-order valence-electron chi connectivity index (χ3n) is 5.04.